The fourth-order valence-electron chi connectivity index (χ4n) is 1.32. The van der Waals surface area contributed by atoms with Gasteiger partial charge in [0.1, 0.15) is 11.3 Å². The highest BCUT2D eigenvalue weighted by Crippen LogP contribution is 2.29. The number of aromatic amines is 1. The Morgan fingerprint density at radius 3 is 2.71 bits per heavy atom. The zero-order valence-electron chi connectivity index (χ0n) is 7.90. The second kappa shape index (κ2) is 4.19. The van der Waals surface area contributed by atoms with E-state index >= 15 is 0 Å². The summed E-state index contributed by atoms with van der Waals surface area (Å²) >= 11 is 0. The van der Waals surface area contributed by atoms with E-state index in [9.17, 15) is 0 Å². The number of methoxy groups -OCH3 is 2. The molecule has 0 aliphatic heterocycles. The van der Waals surface area contributed by atoms with Crippen LogP contribution >= 0.6 is 12.4 Å². The predicted molar refractivity (Wildman–Crippen MR) is 56.4 cm³/mol. The quantitative estimate of drug-likeness (QED) is 0.832. The van der Waals surface area contributed by atoms with Crippen LogP contribution in [0.25, 0.3) is 10.9 Å². The van der Waals surface area contributed by atoms with Gasteiger partial charge in [0.15, 0.2) is 0 Å². The molecule has 1 N–H and O–H groups in total. The van der Waals surface area contributed by atoms with Gasteiger partial charge >= 0.3 is 0 Å². The molecule has 0 saturated carbocycles. The second-order valence-electron chi connectivity index (χ2n) is 2.60. The van der Waals surface area contributed by atoms with Crippen LogP contribution in [0.4, 0.5) is 0 Å². The summed E-state index contributed by atoms with van der Waals surface area (Å²) in [5, 5.41) is 0.981. The maximum absolute atomic E-state index is 5.15. The third kappa shape index (κ3) is 1.48. The Bertz CT molecular complexity index is 390. The molecule has 0 unspecified atom stereocenters. The number of rotatable bonds is 2. The highest BCUT2D eigenvalue weighted by molar-refractivity contribution is 5.88. The van der Waals surface area contributed by atoms with Crippen molar-refractivity contribution in [2.24, 2.45) is 0 Å². The maximum atomic E-state index is 5.15. The van der Waals surface area contributed by atoms with E-state index < -0.39 is 0 Å². The van der Waals surface area contributed by atoms with Crippen molar-refractivity contribution in [1.82, 2.24) is 9.97 Å². The fourth-order valence-corrected chi connectivity index (χ4v) is 1.32. The monoisotopic (exact) mass is 214 g/mol. The third-order valence-corrected chi connectivity index (χ3v) is 1.94. The van der Waals surface area contributed by atoms with Crippen molar-refractivity contribution in [3.8, 4) is 11.6 Å². The molecular weight excluding hydrogens is 204 g/mol. The van der Waals surface area contributed by atoms with Gasteiger partial charge in [-0.3, -0.25) is 0 Å². The first kappa shape index (κ1) is 10.7. The van der Waals surface area contributed by atoms with Gasteiger partial charge in [-0.05, 0) is 6.07 Å². The van der Waals surface area contributed by atoms with E-state index in [0.717, 1.165) is 16.7 Å². The van der Waals surface area contributed by atoms with E-state index in [1.807, 2.05) is 12.3 Å². The number of hydrogen-bond acceptors (Lipinski definition) is 3. The molecule has 0 aliphatic carbocycles. The standard InChI is InChI=1S/C9H10N2O2.ClH/c1-12-7-5-11-9(13-2)8-6(7)3-4-10-8;/h3-5,10H,1-2H3;1H. The summed E-state index contributed by atoms with van der Waals surface area (Å²) in [7, 11) is 3.21. The molecule has 0 saturated heterocycles. The molecule has 2 heterocycles. The van der Waals surface area contributed by atoms with Crippen molar-refractivity contribution >= 4 is 23.3 Å². The van der Waals surface area contributed by atoms with Crippen LogP contribution in [0, 0.1) is 0 Å². The third-order valence-electron chi connectivity index (χ3n) is 1.94. The molecular formula is C9H11ClN2O2. The molecule has 0 amide bonds. The van der Waals surface area contributed by atoms with Gasteiger partial charge in [0.05, 0.1) is 20.4 Å². The largest absolute Gasteiger partial charge is 0.494 e. The molecule has 2 aromatic rings. The van der Waals surface area contributed by atoms with Gasteiger partial charge in [-0.1, -0.05) is 0 Å². The van der Waals surface area contributed by atoms with Crippen molar-refractivity contribution in [2.75, 3.05) is 14.2 Å². The van der Waals surface area contributed by atoms with Gasteiger partial charge < -0.3 is 14.5 Å². The minimum absolute atomic E-state index is 0. The highest BCUT2D eigenvalue weighted by Gasteiger charge is 2.08. The molecule has 0 fully saturated rings. The SMILES string of the molecule is COc1cnc(OC)c2[nH]ccc12.Cl. The van der Waals surface area contributed by atoms with E-state index in [1.165, 1.54) is 0 Å². The van der Waals surface area contributed by atoms with Crippen molar-refractivity contribution < 1.29 is 9.47 Å². The number of hydrogen-bond donors (Lipinski definition) is 1. The van der Waals surface area contributed by atoms with Crippen LogP contribution in [0.5, 0.6) is 11.6 Å². The molecule has 5 heteroatoms. The topological polar surface area (TPSA) is 47.1 Å². The Balaban J connectivity index is 0.000000980. The Hall–Kier alpha value is -1.42. The molecule has 14 heavy (non-hydrogen) atoms. The Kier molecular flexibility index (Phi) is 3.19. The lowest BCUT2D eigenvalue weighted by atomic mass is 10.3. The van der Waals surface area contributed by atoms with E-state index in [0.29, 0.717) is 5.88 Å². The number of nitrogens with one attached hydrogen (secondary N) is 1. The minimum Gasteiger partial charge on any atom is -0.494 e. The van der Waals surface area contributed by atoms with E-state index in [2.05, 4.69) is 9.97 Å². The van der Waals surface area contributed by atoms with Gasteiger partial charge in [-0.15, -0.1) is 12.4 Å². The number of halogens is 1. The first-order valence-electron chi connectivity index (χ1n) is 3.91. The number of aromatic nitrogens is 2. The Labute approximate surface area is 87.7 Å². The number of fused-ring (bicyclic) bond motifs is 1. The molecule has 0 atom stereocenters. The molecule has 76 valence electrons. The molecule has 0 spiro atoms. The smallest absolute Gasteiger partial charge is 0.238 e. The molecule has 2 aromatic heterocycles. The van der Waals surface area contributed by atoms with Crippen LogP contribution in [0.15, 0.2) is 18.5 Å². The van der Waals surface area contributed by atoms with Gasteiger partial charge in [-0.25, -0.2) is 4.98 Å². The van der Waals surface area contributed by atoms with Crippen LogP contribution < -0.4 is 9.47 Å². The van der Waals surface area contributed by atoms with E-state index in [-0.39, 0.29) is 12.4 Å². The number of H-pyrrole nitrogens is 1. The van der Waals surface area contributed by atoms with Crippen molar-refractivity contribution in [3.05, 3.63) is 18.5 Å². The van der Waals surface area contributed by atoms with Crippen molar-refractivity contribution in [1.29, 1.82) is 0 Å². The number of pyridine rings is 1. The lowest BCUT2D eigenvalue weighted by molar-refractivity contribution is 0.394. The van der Waals surface area contributed by atoms with Gasteiger partial charge in [0.25, 0.3) is 0 Å². The summed E-state index contributed by atoms with van der Waals surface area (Å²) in [5.74, 6) is 1.33. The average molecular weight is 215 g/mol. The Morgan fingerprint density at radius 2 is 2.07 bits per heavy atom. The van der Waals surface area contributed by atoms with Crippen molar-refractivity contribution in [2.45, 2.75) is 0 Å². The van der Waals surface area contributed by atoms with Crippen LogP contribution in [-0.4, -0.2) is 24.2 Å². The molecule has 4 nitrogen and oxygen atoms in total. The zero-order chi connectivity index (χ0) is 9.26. The lowest BCUT2D eigenvalue weighted by Gasteiger charge is -2.03. The van der Waals surface area contributed by atoms with Crippen molar-refractivity contribution in [3.63, 3.8) is 0 Å². The normalized spacial score (nSPS) is 9.57. The second-order valence-corrected chi connectivity index (χ2v) is 2.60. The molecule has 0 aliphatic rings. The summed E-state index contributed by atoms with van der Waals surface area (Å²) in [6.45, 7) is 0. The highest BCUT2D eigenvalue weighted by atomic mass is 35.5. The summed E-state index contributed by atoms with van der Waals surface area (Å²) in [6, 6.07) is 1.93. The average Bonchev–Trinajstić information content (AvgIpc) is 2.64. The summed E-state index contributed by atoms with van der Waals surface area (Å²) < 4.78 is 10.2. The first-order chi connectivity index (χ1) is 6.36. The maximum Gasteiger partial charge on any atom is 0.238 e. The fraction of sp³-hybridized carbons (Fsp3) is 0.222. The van der Waals surface area contributed by atoms with Crippen LogP contribution in [0.1, 0.15) is 0 Å². The van der Waals surface area contributed by atoms with Crippen LogP contribution in [-0.2, 0) is 0 Å². The number of nitrogens with zero attached hydrogens (tertiary/aromatic N) is 1. The molecule has 0 aromatic carbocycles. The van der Waals surface area contributed by atoms with Crippen LogP contribution in [0.2, 0.25) is 0 Å². The van der Waals surface area contributed by atoms with E-state index in [1.54, 1.807) is 20.4 Å². The molecule has 2 rings (SSSR count). The minimum atomic E-state index is 0. The van der Waals surface area contributed by atoms with Gasteiger partial charge in [0, 0.05) is 11.6 Å². The first-order valence-corrected chi connectivity index (χ1v) is 3.91. The predicted octanol–water partition coefficient (Wildman–Crippen LogP) is 2.00. The zero-order valence-corrected chi connectivity index (χ0v) is 8.72. The number of ether oxygens (including phenoxy) is 2. The molecule has 0 radical (unpaired) electrons. The van der Waals surface area contributed by atoms with E-state index in [4.69, 9.17) is 9.47 Å². The lowest BCUT2D eigenvalue weighted by Crippen LogP contribution is -1.91. The summed E-state index contributed by atoms with van der Waals surface area (Å²) in [5.41, 5.74) is 0.863. The molecule has 0 bridgehead atoms. The van der Waals surface area contributed by atoms with Crippen LogP contribution in [0.3, 0.4) is 0 Å². The Morgan fingerprint density at radius 1 is 1.29 bits per heavy atom. The summed E-state index contributed by atoms with van der Waals surface area (Å²) in [6.07, 6.45) is 3.48. The van der Waals surface area contributed by atoms with Gasteiger partial charge in [-0.2, -0.15) is 0 Å². The van der Waals surface area contributed by atoms with Gasteiger partial charge in [0.2, 0.25) is 5.88 Å². The summed E-state index contributed by atoms with van der Waals surface area (Å²) in [4.78, 5) is 7.14.